The Morgan fingerprint density at radius 2 is 1.75 bits per heavy atom. The number of carbonyl (C=O) groups excluding carboxylic acids is 2. The molecular weight excluding hydrogens is 424 g/mol. The van der Waals surface area contributed by atoms with Crippen LogP contribution in [0.4, 0.5) is 0 Å². The van der Waals surface area contributed by atoms with Crippen molar-refractivity contribution in [2.45, 2.75) is 72.0 Å². The lowest BCUT2D eigenvalue weighted by atomic mass is 10.0. The zero-order chi connectivity index (χ0) is 23.7. The van der Waals surface area contributed by atoms with Gasteiger partial charge in [-0.05, 0) is 75.9 Å². The molecule has 0 saturated carbocycles. The molecule has 0 radical (unpaired) electrons. The van der Waals surface area contributed by atoms with E-state index in [-0.39, 0.29) is 17.4 Å². The van der Waals surface area contributed by atoms with Gasteiger partial charge >= 0.3 is 0 Å². The molecule has 0 heterocycles. The molecule has 0 spiro atoms. The van der Waals surface area contributed by atoms with Crippen LogP contribution in [0.15, 0.2) is 48.5 Å². The Bertz CT molecular complexity index is 891. The Morgan fingerprint density at radius 3 is 2.34 bits per heavy atom. The van der Waals surface area contributed by atoms with E-state index in [0.29, 0.717) is 37.4 Å². The molecule has 0 aliphatic carbocycles. The molecule has 32 heavy (non-hydrogen) atoms. The summed E-state index contributed by atoms with van der Waals surface area (Å²) in [5, 5.41) is 3.68. The first-order valence-corrected chi connectivity index (χ1v) is 11.5. The zero-order valence-electron chi connectivity index (χ0n) is 19.8. The van der Waals surface area contributed by atoms with Gasteiger partial charge in [-0.2, -0.15) is 0 Å². The van der Waals surface area contributed by atoms with Crippen molar-refractivity contribution < 1.29 is 14.3 Å². The Labute approximate surface area is 197 Å². The molecule has 0 fully saturated rings. The van der Waals surface area contributed by atoms with Crippen LogP contribution in [0.25, 0.3) is 0 Å². The first-order valence-electron chi connectivity index (χ1n) is 11.1. The molecule has 1 atom stereocenters. The van der Waals surface area contributed by atoms with Crippen LogP contribution in [-0.2, 0) is 16.1 Å². The van der Waals surface area contributed by atoms with Crippen LogP contribution in [0.5, 0.6) is 5.75 Å². The van der Waals surface area contributed by atoms with Crippen molar-refractivity contribution in [1.82, 2.24) is 10.2 Å². The minimum absolute atomic E-state index is 0.0520. The minimum Gasteiger partial charge on any atom is -0.494 e. The van der Waals surface area contributed by atoms with Gasteiger partial charge in [0.25, 0.3) is 0 Å². The minimum atomic E-state index is -0.529. The number of hydrogen-bond acceptors (Lipinski definition) is 3. The highest BCUT2D eigenvalue weighted by Gasteiger charge is 2.30. The van der Waals surface area contributed by atoms with Gasteiger partial charge in [0.05, 0.1) is 6.61 Å². The number of benzene rings is 2. The van der Waals surface area contributed by atoms with E-state index in [1.54, 1.807) is 29.2 Å². The molecular formula is C26H35ClN2O3. The predicted molar refractivity (Wildman–Crippen MR) is 130 cm³/mol. The average molecular weight is 459 g/mol. The lowest BCUT2D eigenvalue weighted by Crippen LogP contribution is -2.53. The molecule has 2 amide bonds. The summed E-state index contributed by atoms with van der Waals surface area (Å²) in [5.74, 6) is 0.540. The summed E-state index contributed by atoms with van der Waals surface area (Å²) >= 11 is 5.90. The third kappa shape index (κ3) is 8.19. The van der Waals surface area contributed by atoms with Gasteiger partial charge in [0, 0.05) is 23.5 Å². The number of carbonyl (C=O) groups is 2. The summed E-state index contributed by atoms with van der Waals surface area (Å²) in [6, 6.07) is 14.6. The Balaban J connectivity index is 2.09. The number of nitrogens with one attached hydrogen (secondary N) is 1. The molecule has 0 unspecified atom stereocenters. The molecule has 0 aliphatic heterocycles. The quantitative estimate of drug-likeness (QED) is 0.476. The standard InChI is InChI=1S/C26H35ClN2O3/c1-6-23(25(31)28-26(3,4)5)29(18-20-11-8-7-10-19(20)2)24(30)12-9-17-32-22-15-13-21(27)14-16-22/h7-8,10-11,13-16,23H,6,9,12,17-18H2,1-5H3,(H,28,31)/t23-/m0/s1. The van der Waals surface area contributed by atoms with E-state index < -0.39 is 6.04 Å². The molecule has 0 aliphatic rings. The Kier molecular flexibility index (Phi) is 9.58. The fourth-order valence-electron chi connectivity index (χ4n) is 3.43. The van der Waals surface area contributed by atoms with Crippen LogP contribution in [0.2, 0.25) is 5.02 Å². The summed E-state index contributed by atoms with van der Waals surface area (Å²) < 4.78 is 5.72. The zero-order valence-corrected chi connectivity index (χ0v) is 20.5. The smallest absolute Gasteiger partial charge is 0.243 e. The van der Waals surface area contributed by atoms with Crippen molar-refractivity contribution in [1.29, 1.82) is 0 Å². The Hall–Kier alpha value is -2.53. The molecule has 2 rings (SSSR count). The number of amides is 2. The fourth-order valence-corrected chi connectivity index (χ4v) is 3.56. The maximum absolute atomic E-state index is 13.3. The summed E-state index contributed by atoms with van der Waals surface area (Å²) in [6.45, 7) is 10.6. The molecule has 2 aromatic carbocycles. The van der Waals surface area contributed by atoms with Crippen LogP contribution in [0, 0.1) is 6.92 Å². The largest absolute Gasteiger partial charge is 0.494 e. The first-order chi connectivity index (χ1) is 15.1. The van der Waals surface area contributed by atoms with Crippen molar-refractivity contribution in [2.75, 3.05) is 6.61 Å². The van der Waals surface area contributed by atoms with E-state index in [0.717, 1.165) is 16.9 Å². The predicted octanol–water partition coefficient (Wildman–Crippen LogP) is 5.53. The van der Waals surface area contributed by atoms with Crippen molar-refractivity contribution >= 4 is 23.4 Å². The lowest BCUT2D eigenvalue weighted by Gasteiger charge is -2.33. The normalized spacial score (nSPS) is 12.2. The van der Waals surface area contributed by atoms with E-state index in [1.165, 1.54) is 0 Å². The third-order valence-electron chi connectivity index (χ3n) is 5.10. The molecule has 0 saturated heterocycles. The van der Waals surface area contributed by atoms with Gasteiger partial charge in [-0.25, -0.2) is 0 Å². The van der Waals surface area contributed by atoms with Crippen LogP contribution in [0.3, 0.4) is 0 Å². The summed E-state index contributed by atoms with van der Waals surface area (Å²) in [6.07, 6.45) is 1.41. The van der Waals surface area contributed by atoms with Gasteiger partial charge in [-0.3, -0.25) is 9.59 Å². The van der Waals surface area contributed by atoms with Crippen molar-refractivity contribution in [3.8, 4) is 5.75 Å². The highest BCUT2D eigenvalue weighted by molar-refractivity contribution is 6.30. The van der Waals surface area contributed by atoms with E-state index in [4.69, 9.17) is 16.3 Å². The topological polar surface area (TPSA) is 58.6 Å². The molecule has 5 nitrogen and oxygen atoms in total. The fraction of sp³-hybridized carbons (Fsp3) is 0.462. The monoisotopic (exact) mass is 458 g/mol. The van der Waals surface area contributed by atoms with E-state index in [1.807, 2.05) is 58.9 Å². The SMILES string of the molecule is CC[C@@H](C(=O)NC(C)(C)C)N(Cc1ccccc1C)C(=O)CCCOc1ccc(Cl)cc1. The number of rotatable bonds is 10. The van der Waals surface area contributed by atoms with Crippen molar-refractivity contribution in [2.24, 2.45) is 0 Å². The highest BCUT2D eigenvalue weighted by Crippen LogP contribution is 2.19. The number of ether oxygens (including phenoxy) is 1. The maximum Gasteiger partial charge on any atom is 0.243 e. The van der Waals surface area contributed by atoms with Gasteiger partial charge in [-0.1, -0.05) is 42.8 Å². The van der Waals surface area contributed by atoms with Gasteiger partial charge in [0.15, 0.2) is 0 Å². The molecule has 6 heteroatoms. The molecule has 0 bridgehead atoms. The van der Waals surface area contributed by atoms with Crippen molar-refractivity contribution in [3.05, 3.63) is 64.7 Å². The second-order valence-corrected chi connectivity index (χ2v) is 9.45. The second-order valence-electron chi connectivity index (χ2n) is 9.02. The third-order valence-corrected chi connectivity index (χ3v) is 5.36. The second kappa shape index (κ2) is 11.9. The number of hydrogen-bond donors (Lipinski definition) is 1. The van der Waals surface area contributed by atoms with Gasteiger partial charge in [0.2, 0.25) is 11.8 Å². The average Bonchev–Trinajstić information content (AvgIpc) is 2.72. The van der Waals surface area contributed by atoms with E-state index in [9.17, 15) is 9.59 Å². The number of halogens is 1. The van der Waals surface area contributed by atoms with Crippen LogP contribution >= 0.6 is 11.6 Å². The van der Waals surface area contributed by atoms with Gasteiger partial charge < -0.3 is 15.0 Å². The van der Waals surface area contributed by atoms with E-state index in [2.05, 4.69) is 5.32 Å². The molecule has 0 aromatic heterocycles. The molecule has 174 valence electrons. The lowest BCUT2D eigenvalue weighted by molar-refractivity contribution is -0.142. The molecule has 1 N–H and O–H groups in total. The van der Waals surface area contributed by atoms with E-state index >= 15 is 0 Å². The van der Waals surface area contributed by atoms with Gasteiger partial charge in [0.1, 0.15) is 11.8 Å². The highest BCUT2D eigenvalue weighted by atomic mass is 35.5. The van der Waals surface area contributed by atoms with Crippen LogP contribution in [-0.4, -0.2) is 34.9 Å². The number of nitrogens with zero attached hydrogens (tertiary/aromatic N) is 1. The molecule has 2 aromatic rings. The summed E-state index contributed by atoms with van der Waals surface area (Å²) in [5.41, 5.74) is 1.77. The van der Waals surface area contributed by atoms with Gasteiger partial charge in [-0.15, -0.1) is 0 Å². The van der Waals surface area contributed by atoms with Crippen molar-refractivity contribution in [3.63, 3.8) is 0 Å². The van der Waals surface area contributed by atoms with Crippen LogP contribution in [0.1, 0.15) is 58.1 Å². The summed E-state index contributed by atoms with van der Waals surface area (Å²) in [4.78, 5) is 28.0. The maximum atomic E-state index is 13.3. The number of aryl methyl sites for hydroxylation is 1. The first kappa shape index (κ1) is 25.7. The van der Waals surface area contributed by atoms with Crippen LogP contribution < -0.4 is 10.1 Å². The summed E-state index contributed by atoms with van der Waals surface area (Å²) in [7, 11) is 0. The Morgan fingerprint density at radius 1 is 1.09 bits per heavy atom.